The van der Waals surface area contributed by atoms with Gasteiger partial charge in [-0.2, -0.15) is 0 Å². The van der Waals surface area contributed by atoms with Crippen molar-refractivity contribution in [2.45, 2.75) is 33.6 Å². The highest BCUT2D eigenvalue weighted by Gasteiger charge is 2.17. The molecule has 0 aliphatic rings. The van der Waals surface area contributed by atoms with E-state index >= 15 is 0 Å². The smallest absolute Gasteiger partial charge is 0.135 e. The van der Waals surface area contributed by atoms with E-state index in [0.717, 1.165) is 44.6 Å². The predicted molar refractivity (Wildman–Crippen MR) is 252 cm³/mol. The predicted octanol–water partition coefficient (Wildman–Crippen LogP) is 16.6. The average Bonchev–Trinajstić information content (AvgIpc) is 3.66. The summed E-state index contributed by atoms with van der Waals surface area (Å²) in [5.74, 6) is 0.659. The summed E-state index contributed by atoms with van der Waals surface area (Å²) >= 11 is 0. The van der Waals surface area contributed by atoms with Crippen molar-refractivity contribution in [1.82, 2.24) is 0 Å². The third-order valence-corrected chi connectivity index (χ3v) is 11.4. The fraction of sp³-hybridized carbons (Fsp3) is 0.0877. The third-order valence-electron chi connectivity index (χ3n) is 11.4. The summed E-state index contributed by atoms with van der Waals surface area (Å²) < 4.78 is 6.09. The van der Waals surface area contributed by atoms with Crippen LogP contribution in [0.15, 0.2) is 211 Å². The van der Waals surface area contributed by atoms with Gasteiger partial charge in [0.25, 0.3) is 0 Å². The van der Waals surface area contributed by atoms with Crippen molar-refractivity contribution < 1.29 is 4.42 Å². The molecule has 0 amide bonds. The lowest BCUT2D eigenvalue weighted by atomic mass is 9.93. The molecule has 2 heteroatoms. The maximum atomic E-state index is 6.09. The first kappa shape index (κ1) is 37.4. The lowest BCUT2D eigenvalue weighted by molar-refractivity contribution is 0.669. The number of benzene rings is 9. The number of para-hydroxylation sites is 1. The van der Waals surface area contributed by atoms with Gasteiger partial charge in [0.1, 0.15) is 11.2 Å². The summed E-state index contributed by atoms with van der Waals surface area (Å²) in [6, 6.07) is 73.8. The summed E-state index contributed by atoms with van der Waals surface area (Å²) in [5, 5.41) is 4.71. The van der Waals surface area contributed by atoms with Crippen molar-refractivity contribution in [3.8, 4) is 33.4 Å². The van der Waals surface area contributed by atoms with Crippen LogP contribution in [0.3, 0.4) is 0 Å². The molecule has 0 N–H and O–H groups in total. The molecule has 2 nitrogen and oxygen atoms in total. The van der Waals surface area contributed by atoms with Crippen molar-refractivity contribution in [2.75, 3.05) is 4.90 Å². The second kappa shape index (κ2) is 16.4. The Hall–Kier alpha value is -7.16. The Kier molecular flexibility index (Phi) is 10.4. The number of furan rings is 1. The number of hydrogen-bond donors (Lipinski definition) is 0. The molecule has 0 atom stereocenters. The molecule has 0 saturated carbocycles. The summed E-state index contributed by atoms with van der Waals surface area (Å²) in [6.07, 6.45) is 0. The summed E-state index contributed by atoms with van der Waals surface area (Å²) in [4.78, 5) is 2.37. The van der Waals surface area contributed by atoms with Crippen molar-refractivity contribution >= 4 is 49.8 Å². The number of aryl methyl sites for hydroxylation is 2. The van der Waals surface area contributed by atoms with Gasteiger partial charge in [-0.15, -0.1) is 0 Å². The number of anilines is 3. The van der Waals surface area contributed by atoms with E-state index in [2.05, 4.69) is 221 Å². The minimum absolute atomic E-state index is 0.659. The van der Waals surface area contributed by atoms with Crippen LogP contribution < -0.4 is 4.90 Å². The molecule has 10 aromatic rings. The number of nitrogens with zero attached hydrogens (tertiary/aromatic N) is 1. The van der Waals surface area contributed by atoms with Gasteiger partial charge in [0.2, 0.25) is 0 Å². The van der Waals surface area contributed by atoms with Gasteiger partial charge in [-0.05, 0) is 130 Å². The highest BCUT2D eigenvalue weighted by Crippen LogP contribution is 2.41. The number of rotatable bonds is 7. The molecule has 59 heavy (non-hydrogen) atoms. The molecule has 286 valence electrons. The van der Waals surface area contributed by atoms with Crippen LogP contribution in [0.4, 0.5) is 17.1 Å². The lowest BCUT2D eigenvalue weighted by Gasteiger charge is -2.27. The second-order valence-electron chi connectivity index (χ2n) is 15.6. The summed E-state index contributed by atoms with van der Waals surface area (Å²) in [5.41, 5.74) is 16.5. The lowest BCUT2D eigenvalue weighted by Crippen LogP contribution is -2.10. The van der Waals surface area contributed by atoms with Gasteiger partial charge in [0.05, 0.1) is 5.69 Å². The summed E-state index contributed by atoms with van der Waals surface area (Å²) in [7, 11) is 0. The molecule has 0 unspecified atom stereocenters. The molecule has 1 aromatic heterocycles. The molecule has 1 heterocycles. The van der Waals surface area contributed by atoms with Crippen LogP contribution in [-0.4, -0.2) is 0 Å². The van der Waals surface area contributed by atoms with Crippen LogP contribution >= 0.6 is 0 Å². The molecule has 0 spiro atoms. The normalized spacial score (nSPS) is 11.2. The quantitative estimate of drug-likeness (QED) is 0.161. The molecule has 0 fully saturated rings. The Morgan fingerprint density at radius 2 is 0.932 bits per heavy atom. The minimum Gasteiger partial charge on any atom is -0.456 e. The van der Waals surface area contributed by atoms with Crippen LogP contribution in [0.2, 0.25) is 0 Å². The van der Waals surface area contributed by atoms with Gasteiger partial charge < -0.3 is 9.32 Å². The standard InChI is InChI=1S/C48H35NO.C9H12/c1-32-10-3-5-13-41(32)44-30-37(19-18-33(44)2)34-20-25-39(26-21-34)49(46-16-9-12-36-11-4-6-14-42(36)46)40-27-22-35(23-28-40)38-24-29-48-45(31-38)43-15-7-8-17-47(43)50-48;1-8(2)9-6-4-3-5-7-9/h3-31H,1-2H3;3-8H,1-2H3. The van der Waals surface area contributed by atoms with E-state index in [0.29, 0.717) is 5.92 Å². The fourth-order valence-electron chi connectivity index (χ4n) is 8.15. The molecule has 0 bridgehead atoms. The van der Waals surface area contributed by atoms with Gasteiger partial charge in [-0.1, -0.05) is 166 Å². The highest BCUT2D eigenvalue weighted by atomic mass is 16.3. The third kappa shape index (κ3) is 7.66. The Morgan fingerprint density at radius 1 is 0.390 bits per heavy atom. The molecule has 10 rings (SSSR count). The van der Waals surface area contributed by atoms with E-state index in [-0.39, 0.29) is 0 Å². The van der Waals surface area contributed by atoms with E-state index in [9.17, 15) is 0 Å². The maximum Gasteiger partial charge on any atom is 0.135 e. The van der Waals surface area contributed by atoms with Crippen LogP contribution in [0.25, 0.3) is 66.1 Å². The Bertz CT molecular complexity index is 3020. The maximum absolute atomic E-state index is 6.09. The van der Waals surface area contributed by atoms with Gasteiger partial charge in [0, 0.05) is 27.5 Å². The molecular formula is C57H47NO. The number of hydrogen-bond acceptors (Lipinski definition) is 2. The SMILES string of the molecule is CC(C)c1ccccc1.Cc1ccccc1-c1cc(-c2ccc(N(c3ccc(-c4ccc5oc6ccccc6c5c4)cc3)c3cccc4ccccc34)cc2)ccc1C. The van der Waals surface area contributed by atoms with Crippen molar-refractivity contribution in [1.29, 1.82) is 0 Å². The summed E-state index contributed by atoms with van der Waals surface area (Å²) in [6.45, 7) is 8.79. The van der Waals surface area contributed by atoms with Gasteiger partial charge in [0.15, 0.2) is 0 Å². The molecule has 0 saturated heterocycles. The molecule has 0 aliphatic carbocycles. The van der Waals surface area contributed by atoms with Crippen molar-refractivity contribution in [3.63, 3.8) is 0 Å². The highest BCUT2D eigenvalue weighted by molar-refractivity contribution is 6.06. The zero-order valence-corrected chi connectivity index (χ0v) is 34.1. The van der Waals surface area contributed by atoms with Gasteiger partial charge in [-0.3, -0.25) is 0 Å². The fourth-order valence-corrected chi connectivity index (χ4v) is 8.15. The number of fused-ring (bicyclic) bond motifs is 4. The Labute approximate surface area is 347 Å². The van der Waals surface area contributed by atoms with Crippen molar-refractivity contribution in [2.24, 2.45) is 0 Å². The zero-order chi connectivity index (χ0) is 40.3. The van der Waals surface area contributed by atoms with E-state index in [1.54, 1.807) is 0 Å². The molecule has 0 aliphatic heterocycles. The minimum atomic E-state index is 0.659. The van der Waals surface area contributed by atoms with E-state index in [1.807, 2.05) is 18.2 Å². The first-order valence-electron chi connectivity index (χ1n) is 20.5. The Balaban J connectivity index is 0.000000444. The first-order chi connectivity index (χ1) is 28.9. The van der Waals surface area contributed by atoms with Gasteiger partial charge in [-0.25, -0.2) is 0 Å². The second-order valence-corrected chi connectivity index (χ2v) is 15.6. The van der Waals surface area contributed by atoms with Crippen molar-refractivity contribution in [3.05, 3.63) is 223 Å². The van der Waals surface area contributed by atoms with E-state index in [1.165, 1.54) is 55.3 Å². The van der Waals surface area contributed by atoms with E-state index in [4.69, 9.17) is 4.42 Å². The Morgan fingerprint density at radius 3 is 1.63 bits per heavy atom. The van der Waals surface area contributed by atoms with Crippen LogP contribution in [0.1, 0.15) is 36.5 Å². The van der Waals surface area contributed by atoms with Gasteiger partial charge >= 0.3 is 0 Å². The average molecular weight is 762 g/mol. The largest absolute Gasteiger partial charge is 0.456 e. The monoisotopic (exact) mass is 761 g/mol. The molecular weight excluding hydrogens is 715 g/mol. The van der Waals surface area contributed by atoms with Crippen LogP contribution in [-0.2, 0) is 0 Å². The van der Waals surface area contributed by atoms with Crippen LogP contribution in [0, 0.1) is 13.8 Å². The first-order valence-corrected chi connectivity index (χ1v) is 20.5. The molecule has 9 aromatic carbocycles. The molecule has 0 radical (unpaired) electrons. The zero-order valence-electron chi connectivity index (χ0n) is 34.1. The topological polar surface area (TPSA) is 16.4 Å². The van der Waals surface area contributed by atoms with Crippen LogP contribution in [0.5, 0.6) is 0 Å². The van der Waals surface area contributed by atoms with E-state index < -0.39 is 0 Å².